The third-order valence-corrected chi connectivity index (χ3v) is 6.95. The van der Waals surface area contributed by atoms with Gasteiger partial charge in [-0.1, -0.05) is 13.8 Å². The third kappa shape index (κ3) is 3.42. The Bertz CT molecular complexity index is 720. The van der Waals surface area contributed by atoms with E-state index in [4.69, 9.17) is 4.74 Å². The van der Waals surface area contributed by atoms with Crippen LogP contribution in [0.2, 0.25) is 0 Å². The minimum atomic E-state index is -1.02. The first-order valence-corrected chi connectivity index (χ1v) is 11.1. The van der Waals surface area contributed by atoms with E-state index < -0.39 is 34.6 Å². The Morgan fingerprint density at radius 1 is 1.30 bits per heavy atom. The molecule has 3 heterocycles. The van der Waals surface area contributed by atoms with Crippen LogP contribution in [0.1, 0.15) is 60.8 Å². The van der Waals surface area contributed by atoms with Gasteiger partial charge in [-0.3, -0.25) is 14.4 Å². The van der Waals surface area contributed by atoms with Gasteiger partial charge in [0.15, 0.2) is 0 Å². The van der Waals surface area contributed by atoms with Crippen molar-refractivity contribution in [2.75, 3.05) is 19.7 Å². The standard InChI is InChI=1S/C22H37N3O5/c1-7-9-23-17(27)14-15-19(29)25(10-8-11-26)16(18(28)24-20(3,4)5)22(15)12-13(2)21(14,6)30-22/h13-16,26H,7-12H2,1-6H3,(H,23,27)(H,24,28)/t13?,14-,15+,16?,21+,22?/m1/s1. The molecule has 30 heavy (non-hydrogen) atoms. The third-order valence-electron chi connectivity index (χ3n) is 6.95. The van der Waals surface area contributed by atoms with Gasteiger partial charge in [0.25, 0.3) is 0 Å². The maximum Gasteiger partial charge on any atom is 0.246 e. The second kappa shape index (κ2) is 7.79. The van der Waals surface area contributed by atoms with Crippen molar-refractivity contribution in [3.8, 4) is 0 Å². The molecule has 6 atom stereocenters. The first-order chi connectivity index (χ1) is 13.9. The lowest BCUT2D eigenvalue weighted by atomic mass is 9.62. The number of nitrogens with one attached hydrogen (secondary N) is 2. The van der Waals surface area contributed by atoms with Crippen LogP contribution in [0, 0.1) is 17.8 Å². The quantitative estimate of drug-likeness (QED) is 0.562. The van der Waals surface area contributed by atoms with Crippen molar-refractivity contribution < 1.29 is 24.2 Å². The lowest BCUT2D eigenvalue weighted by Gasteiger charge is -2.36. The molecule has 8 nitrogen and oxygen atoms in total. The fourth-order valence-electron chi connectivity index (χ4n) is 5.72. The average molecular weight is 424 g/mol. The van der Waals surface area contributed by atoms with E-state index in [1.807, 2.05) is 41.5 Å². The number of fused-ring (bicyclic) bond motifs is 1. The lowest BCUT2D eigenvalue weighted by Crippen LogP contribution is -2.58. The van der Waals surface area contributed by atoms with Gasteiger partial charge in [-0.05, 0) is 52.9 Å². The molecule has 3 amide bonds. The predicted molar refractivity (Wildman–Crippen MR) is 111 cm³/mol. The molecule has 3 unspecified atom stereocenters. The summed E-state index contributed by atoms with van der Waals surface area (Å²) < 4.78 is 6.58. The zero-order valence-corrected chi connectivity index (χ0v) is 19.1. The molecule has 3 aliphatic heterocycles. The molecule has 3 rings (SSSR count). The summed E-state index contributed by atoms with van der Waals surface area (Å²) in [5.41, 5.74) is -2.28. The number of aliphatic hydroxyl groups is 1. The summed E-state index contributed by atoms with van der Waals surface area (Å²) in [6.45, 7) is 12.3. The minimum Gasteiger partial charge on any atom is -0.396 e. The predicted octanol–water partition coefficient (Wildman–Crippen LogP) is 0.820. The van der Waals surface area contributed by atoms with E-state index in [1.54, 1.807) is 4.90 Å². The van der Waals surface area contributed by atoms with Crippen molar-refractivity contribution in [2.24, 2.45) is 17.8 Å². The van der Waals surface area contributed by atoms with Gasteiger partial charge in [-0.15, -0.1) is 0 Å². The van der Waals surface area contributed by atoms with Gasteiger partial charge in [0.05, 0.1) is 17.4 Å². The summed E-state index contributed by atoms with van der Waals surface area (Å²) in [6, 6.07) is -0.811. The van der Waals surface area contributed by atoms with Crippen LogP contribution in [-0.4, -0.2) is 70.2 Å². The zero-order valence-electron chi connectivity index (χ0n) is 19.1. The molecule has 0 aromatic rings. The van der Waals surface area contributed by atoms with Crippen molar-refractivity contribution in [2.45, 2.75) is 83.6 Å². The number of hydrogen-bond acceptors (Lipinski definition) is 5. The Hall–Kier alpha value is -1.67. The summed E-state index contributed by atoms with van der Waals surface area (Å²) in [7, 11) is 0. The van der Waals surface area contributed by atoms with Crippen LogP contribution in [0.5, 0.6) is 0 Å². The van der Waals surface area contributed by atoms with Gasteiger partial charge in [0, 0.05) is 25.2 Å². The highest BCUT2D eigenvalue weighted by Crippen LogP contribution is 2.65. The molecule has 0 aromatic heterocycles. The number of aliphatic hydroxyl groups excluding tert-OH is 1. The smallest absolute Gasteiger partial charge is 0.246 e. The molecule has 0 radical (unpaired) electrons. The molecule has 2 bridgehead atoms. The highest BCUT2D eigenvalue weighted by atomic mass is 16.5. The van der Waals surface area contributed by atoms with Crippen LogP contribution in [0.15, 0.2) is 0 Å². The van der Waals surface area contributed by atoms with Gasteiger partial charge < -0.3 is 25.4 Å². The second-order valence-electron chi connectivity index (χ2n) is 10.3. The van der Waals surface area contributed by atoms with E-state index in [1.165, 1.54) is 0 Å². The largest absolute Gasteiger partial charge is 0.396 e. The Morgan fingerprint density at radius 2 is 1.97 bits per heavy atom. The van der Waals surface area contributed by atoms with Gasteiger partial charge >= 0.3 is 0 Å². The van der Waals surface area contributed by atoms with Crippen molar-refractivity contribution in [1.29, 1.82) is 0 Å². The molecule has 1 spiro atoms. The monoisotopic (exact) mass is 423 g/mol. The molecule has 8 heteroatoms. The molecule has 3 N–H and O–H groups in total. The molecule has 3 fully saturated rings. The normalized spacial score (nSPS) is 37.4. The molecular formula is C22H37N3O5. The molecule has 170 valence electrons. The van der Waals surface area contributed by atoms with E-state index in [0.717, 1.165) is 6.42 Å². The second-order valence-corrected chi connectivity index (χ2v) is 10.3. The van der Waals surface area contributed by atoms with Crippen LogP contribution in [0.25, 0.3) is 0 Å². The number of carbonyl (C=O) groups excluding carboxylic acids is 3. The fraction of sp³-hybridized carbons (Fsp3) is 0.864. The summed E-state index contributed by atoms with van der Waals surface area (Å²) in [5, 5.41) is 15.3. The number of ether oxygens (including phenoxy) is 1. The van der Waals surface area contributed by atoms with Gasteiger partial charge in [0.2, 0.25) is 17.7 Å². The summed E-state index contributed by atoms with van der Waals surface area (Å²) in [4.78, 5) is 41.7. The number of amides is 3. The first kappa shape index (κ1) is 23.0. The average Bonchev–Trinajstić information content (AvgIpc) is 3.13. The Labute approximate surface area is 179 Å². The highest BCUT2D eigenvalue weighted by Gasteiger charge is 2.79. The number of nitrogens with zero attached hydrogens (tertiary/aromatic N) is 1. The number of likely N-dealkylation sites (tertiary alicyclic amines) is 1. The van der Waals surface area contributed by atoms with Crippen LogP contribution in [-0.2, 0) is 19.1 Å². The highest BCUT2D eigenvalue weighted by molar-refractivity contribution is 5.99. The van der Waals surface area contributed by atoms with Crippen LogP contribution in [0.4, 0.5) is 0 Å². The maximum atomic E-state index is 13.6. The summed E-state index contributed by atoms with van der Waals surface area (Å²) in [6.07, 6.45) is 1.72. The Balaban J connectivity index is 2.04. The van der Waals surface area contributed by atoms with Crippen molar-refractivity contribution >= 4 is 17.7 Å². The van der Waals surface area contributed by atoms with E-state index in [0.29, 0.717) is 19.4 Å². The molecule has 3 saturated heterocycles. The van der Waals surface area contributed by atoms with Crippen LogP contribution < -0.4 is 10.6 Å². The topological polar surface area (TPSA) is 108 Å². The number of hydrogen-bond donors (Lipinski definition) is 3. The first-order valence-electron chi connectivity index (χ1n) is 11.1. The molecule has 0 aliphatic carbocycles. The van der Waals surface area contributed by atoms with Crippen molar-refractivity contribution in [3.05, 3.63) is 0 Å². The SMILES string of the molecule is CCCNC(=O)[C@H]1[C@H]2C(=O)N(CCCO)C(C(=O)NC(C)(C)C)C23CC(C)[C@]1(C)O3. The van der Waals surface area contributed by atoms with E-state index >= 15 is 0 Å². The Morgan fingerprint density at radius 3 is 2.53 bits per heavy atom. The molecule has 0 saturated carbocycles. The van der Waals surface area contributed by atoms with Crippen LogP contribution in [0.3, 0.4) is 0 Å². The fourth-order valence-corrected chi connectivity index (χ4v) is 5.72. The van der Waals surface area contributed by atoms with E-state index in [2.05, 4.69) is 10.6 Å². The molecule has 3 aliphatic rings. The zero-order chi connectivity index (χ0) is 22.5. The van der Waals surface area contributed by atoms with Gasteiger partial charge in [0.1, 0.15) is 11.6 Å². The summed E-state index contributed by atoms with van der Waals surface area (Å²) >= 11 is 0. The number of rotatable bonds is 7. The van der Waals surface area contributed by atoms with Gasteiger partial charge in [-0.2, -0.15) is 0 Å². The molecular weight excluding hydrogens is 386 g/mol. The molecule has 0 aromatic carbocycles. The van der Waals surface area contributed by atoms with Crippen LogP contribution >= 0.6 is 0 Å². The minimum absolute atomic E-state index is 0.0293. The van der Waals surface area contributed by atoms with E-state index in [-0.39, 0.29) is 36.8 Å². The lowest BCUT2D eigenvalue weighted by molar-refractivity contribution is -0.148. The summed E-state index contributed by atoms with van der Waals surface area (Å²) in [5.74, 6) is -1.95. The van der Waals surface area contributed by atoms with Gasteiger partial charge in [-0.25, -0.2) is 0 Å². The number of carbonyl (C=O) groups is 3. The maximum absolute atomic E-state index is 13.6. The van der Waals surface area contributed by atoms with E-state index in [9.17, 15) is 19.5 Å². The Kier molecular flexibility index (Phi) is 5.97. The van der Waals surface area contributed by atoms with Crippen molar-refractivity contribution in [3.63, 3.8) is 0 Å². The van der Waals surface area contributed by atoms with Crippen molar-refractivity contribution in [1.82, 2.24) is 15.5 Å².